The van der Waals surface area contributed by atoms with Gasteiger partial charge >= 0.3 is 5.97 Å². The second-order valence-electron chi connectivity index (χ2n) is 5.83. The molecule has 0 atom stereocenters. The number of aryl methyl sites for hydroxylation is 2. The molecule has 0 amide bonds. The molecule has 25 heavy (non-hydrogen) atoms. The minimum Gasteiger partial charge on any atom is -0.478 e. The average Bonchev–Trinajstić information content (AvgIpc) is 2.60. The number of carboxylic acids is 1. The van der Waals surface area contributed by atoms with Gasteiger partial charge in [0.1, 0.15) is 0 Å². The van der Waals surface area contributed by atoms with Crippen LogP contribution in [0.1, 0.15) is 27.2 Å². The number of hydrogen-bond acceptors (Lipinski definition) is 4. The topological polar surface area (TPSA) is 63.1 Å². The predicted molar refractivity (Wildman–Crippen MR) is 99.9 cm³/mol. The summed E-state index contributed by atoms with van der Waals surface area (Å²) in [6.07, 6.45) is 0. The van der Waals surface area contributed by atoms with Crippen molar-refractivity contribution in [1.82, 2.24) is 9.97 Å². The number of carboxylic acid groups (broad SMARTS) is 1. The van der Waals surface area contributed by atoms with E-state index in [9.17, 15) is 4.79 Å². The molecule has 0 radical (unpaired) electrons. The van der Waals surface area contributed by atoms with E-state index < -0.39 is 5.97 Å². The van der Waals surface area contributed by atoms with E-state index in [1.54, 1.807) is 23.9 Å². The van der Waals surface area contributed by atoms with Gasteiger partial charge in [-0.05, 0) is 37.6 Å². The summed E-state index contributed by atoms with van der Waals surface area (Å²) in [5.41, 5.74) is 5.46. The molecule has 0 fully saturated rings. The smallest absolute Gasteiger partial charge is 0.335 e. The Morgan fingerprint density at radius 3 is 2.32 bits per heavy atom. The zero-order valence-corrected chi connectivity index (χ0v) is 14.9. The van der Waals surface area contributed by atoms with Crippen LogP contribution in [-0.4, -0.2) is 21.0 Å². The highest BCUT2D eigenvalue weighted by molar-refractivity contribution is 7.98. The zero-order chi connectivity index (χ0) is 17.8. The van der Waals surface area contributed by atoms with Crippen LogP contribution in [0.4, 0.5) is 0 Å². The maximum atomic E-state index is 10.9. The molecule has 0 bridgehead atoms. The first kappa shape index (κ1) is 17.2. The third-order valence-corrected chi connectivity index (χ3v) is 4.67. The van der Waals surface area contributed by atoms with Gasteiger partial charge < -0.3 is 5.11 Å². The van der Waals surface area contributed by atoms with Crippen LogP contribution in [0, 0.1) is 13.8 Å². The van der Waals surface area contributed by atoms with Crippen LogP contribution >= 0.6 is 11.8 Å². The van der Waals surface area contributed by atoms with Crippen LogP contribution in [-0.2, 0) is 5.75 Å². The molecule has 0 unspecified atom stereocenters. The summed E-state index contributed by atoms with van der Waals surface area (Å²) in [5.74, 6) is -0.222. The second kappa shape index (κ2) is 7.49. The molecule has 1 heterocycles. The van der Waals surface area contributed by atoms with Gasteiger partial charge in [0, 0.05) is 17.0 Å². The third-order valence-electron chi connectivity index (χ3n) is 3.75. The van der Waals surface area contributed by atoms with Crippen LogP contribution in [0.15, 0.2) is 59.8 Å². The van der Waals surface area contributed by atoms with Crippen LogP contribution < -0.4 is 0 Å². The van der Waals surface area contributed by atoms with E-state index in [4.69, 9.17) is 5.11 Å². The Hall–Kier alpha value is -2.66. The fourth-order valence-electron chi connectivity index (χ4n) is 2.37. The molecule has 2 aromatic carbocycles. The number of aromatic carboxylic acids is 1. The molecule has 0 spiro atoms. The summed E-state index contributed by atoms with van der Waals surface area (Å²) in [7, 11) is 0. The van der Waals surface area contributed by atoms with Crippen molar-refractivity contribution in [3.8, 4) is 11.3 Å². The zero-order valence-electron chi connectivity index (χ0n) is 14.1. The van der Waals surface area contributed by atoms with E-state index >= 15 is 0 Å². The summed E-state index contributed by atoms with van der Waals surface area (Å²) in [6, 6.07) is 17.1. The number of rotatable bonds is 5. The van der Waals surface area contributed by atoms with Crippen molar-refractivity contribution in [2.75, 3.05) is 0 Å². The van der Waals surface area contributed by atoms with E-state index in [2.05, 4.69) is 41.2 Å². The number of carbonyl (C=O) groups is 1. The van der Waals surface area contributed by atoms with Crippen molar-refractivity contribution in [3.63, 3.8) is 0 Å². The molecule has 0 aliphatic carbocycles. The van der Waals surface area contributed by atoms with Crippen molar-refractivity contribution < 1.29 is 9.90 Å². The van der Waals surface area contributed by atoms with Gasteiger partial charge in [-0.15, -0.1) is 0 Å². The van der Waals surface area contributed by atoms with Crippen molar-refractivity contribution in [1.29, 1.82) is 0 Å². The molecule has 4 nitrogen and oxygen atoms in total. The molecule has 0 aliphatic heterocycles. The molecular weight excluding hydrogens is 332 g/mol. The maximum Gasteiger partial charge on any atom is 0.335 e. The quantitative estimate of drug-likeness (QED) is 0.531. The Labute approximate surface area is 151 Å². The molecule has 0 aliphatic rings. The van der Waals surface area contributed by atoms with Gasteiger partial charge in [0.25, 0.3) is 0 Å². The van der Waals surface area contributed by atoms with Gasteiger partial charge in [-0.25, -0.2) is 14.8 Å². The maximum absolute atomic E-state index is 10.9. The summed E-state index contributed by atoms with van der Waals surface area (Å²) < 4.78 is 0. The van der Waals surface area contributed by atoms with Crippen molar-refractivity contribution >= 4 is 17.7 Å². The third kappa shape index (κ3) is 4.45. The molecule has 0 saturated carbocycles. The second-order valence-corrected chi connectivity index (χ2v) is 6.78. The fourth-order valence-corrected chi connectivity index (χ4v) is 3.23. The van der Waals surface area contributed by atoms with Gasteiger partial charge in [-0.3, -0.25) is 0 Å². The Kier molecular flexibility index (Phi) is 5.14. The Balaban J connectivity index is 1.76. The van der Waals surface area contributed by atoms with Crippen LogP contribution in [0.5, 0.6) is 0 Å². The van der Waals surface area contributed by atoms with E-state index in [1.807, 2.05) is 25.1 Å². The van der Waals surface area contributed by atoms with E-state index in [0.717, 1.165) is 27.7 Å². The van der Waals surface area contributed by atoms with E-state index in [-0.39, 0.29) is 0 Å². The van der Waals surface area contributed by atoms with Gasteiger partial charge in [-0.1, -0.05) is 53.7 Å². The lowest BCUT2D eigenvalue weighted by molar-refractivity contribution is 0.0697. The predicted octanol–water partition coefficient (Wildman–Crippen LogP) is 4.75. The molecule has 5 heteroatoms. The molecule has 3 aromatic rings. The number of thioether (sulfide) groups is 1. The van der Waals surface area contributed by atoms with Crippen molar-refractivity contribution in [3.05, 3.63) is 77.0 Å². The standard InChI is InChI=1S/C20H18N2O2S/c1-13-3-7-16(8-4-13)18-11-14(2)21-20(22-18)25-12-15-5-9-17(10-6-15)19(23)24/h3-11H,12H2,1-2H3,(H,23,24). The average molecular weight is 350 g/mol. The van der Waals surface area contributed by atoms with Crippen LogP contribution in [0.3, 0.4) is 0 Å². The van der Waals surface area contributed by atoms with Gasteiger partial charge in [0.05, 0.1) is 11.3 Å². The number of nitrogens with zero attached hydrogens (tertiary/aromatic N) is 2. The Morgan fingerprint density at radius 2 is 1.68 bits per heavy atom. The molecule has 0 saturated heterocycles. The lowest BCUT2D eigenvalue weighted by atomic mass is 10.1. The van der Waals surface area contributed by atoms with Crippen LogP contribution in [0.2, 0.25) is 0 Å². The van der Waals surface area contributed by atoms with Gasteiger partial charge in [-0.2, -0.15) is 0 Å². The first-order valence-electron chi connectivity index (χ1n) is 7.89. The SMILES string of the molecule is Cc1ccc(-c2cc(C)nc(SCc3ccc(C(=O)O)cc3)n2)cc1. The Morgan fingerprint density at radius 1 is 1.00 bits per heavy atom. The van der Waals surface area contributed by atoms with E-state index in [0.29, 0.717) is 11.3 Å². The van der Waals surface area contributed by atoms with Gasteiger partial charge in [0.2, 0.25) is 0 Å². The summed E-state index contributed by atoms with van der Waals surface area (Å²) in [6.45, 7) is 4.02. The fraction of sp³-hybridized carbons (Fsp3) is 0.150. The summed E-state index contributed by atoms with van der Waals surface area (Å²) in [5, 5.41) is 9.67. The minimum atomic E-state index is -0.913. The summed E-state index contributed by atoms with van der Waals surface area (Å²) >= 11 is 1.54. The molecule has 126 valence electrons. The normalized spacial score (nSPS) is 10.6. The largest absolute Gasteiger partial charge is 0.478 e. The van der Waals surface area contributed by atoms with E-state index in [1.165, 1.54) is 5.56 Å². The number of hydrogen-bond donors (Lipinski definition) is 1. The number of benzene rings is 2. The molecule has 3 rings (SSSR count). The summed E-state index contributed by atoms with van der Waals surface area (Å²) in [4.78, 5) is 20.0. The van der Waals surface area contributed by atoms with Crippen LogP contribution in [0.25, 0.3) is 11.3 Å². The molecular formula is C20H18N2O2S. The first-order chi connectivity index (χ1) is 12.0. The highest BCUT2D eigenvalue weighted by Crippen LogP contribution is 2.24. The highest BCUT2D eigenvalue weighted by Gasteiger charge is 2.07. The molecule has 1 aromatic heterocycles. The van der Waals surface area contributed by atoms with Gasteiger partial charge in [0.15, 0.2) is 5.16 Å². The molecule has 1 N–H and O–H groups in total. The monoisotopic (exact) mass is 350 g/mol. The highest BCUT2D eigenvalue weighted by atomic mass is 32.2. The minimum absolute atomic E-state index is 0.294. The lowest BCUT2D eigenvalue weighted by Crippen LogP contribution is -1.96. The Bertz CT molecular complexity index is 891. The number of aromatic nitrogens is 2. The van der Waals surface area contributed by atoms with Crippen molar-refractivity contribution in [2.45, 2.75) is 24.8 Å². The first-order valence-corrected chi connectivity index (χ1v) is 8.87. The van der Waals surface area contributed by atoms with Crippen molar-refractivity contribution in [2.24, 2.45) is 0 Å². The lowest BCUT2D eigenvalue weighted by Gasteiger charge is -2.07.